The van der Waals surface area contributed by atoms with E-state index in [9.17, 15) is 9.59 Å². The molecule has 18 heavy (non-hydrogen) atoms. The zero-order valence-electron chi connectivity index (χ0n) is 10.4. The van der Waals surface area contributed by atoms with E-state index in [1.54, 1.807) is 19.1 Å². The van der Waals surface area contributed by atoms with Crippen LogP contribution in [0.2, 0.25) is 5.02 Å². The van der Waals surface area contributed by atoms with Crippen LogP contribution in [0.4, 0.5) is 0 Å². The lowest BCUT2D eigenvalue weighted by molar-refractivity contribution is -0.137. The topological polar surface area (TPSA) is 66.4 Å². The van der Waals surface area contributed by atoms with Gasteiger partial charge in [-0.05, 0) is 38.0 Å². The van der Waals surface area contributed by atoms with Crippen molar-refractivity contribution in [2.24, 2.45) is 0 Å². The molecule has 0 radical (unpaired) electrons. The fourth-order valence-corrected chi connectivity index (χ4v) is 1.84. The first-order valence-corrected chi connectivity index (χ1v) is 6.06. The maximum atomic E-state index is 11.9. The predicted octanol–water partition coefficient (Wildman–Crippen LogP) is 2.63. The highest BCUT2D eigenvalue weighted by Gasteiger charge is 2.13. The second kappa shape index (κ2) is 6.40. The number of carboxylic acids is 1. The second-order valence-electron chi connectivity index (χ2n) is 4.29. The van der Waals surface area contributed by atoms with E-state index in [1.807, 2.05) is 13.0 Å². The average molecular weight is 270 g/mol. The van der Waals surface area contributed by atoms with Crippen molar-refractivity contribution < 1.29 is 14.7 Å². The summed E-state index contributed by atoms with van der Waals surface area (Å²) in [7, 11) is 0. The molecule has 0 bridgehead atoms. The Kier molecular flexibility index (Phi) is 5.16. The Morgan fingerprint density at radius 3 is 2.67 bits per heavy atom. The molecule has 1 rings (SSSR count). The Hall–Kier alpha value is -1.55. The zero-order valence-corrected chi connectivity index (χ0v) is 11.1. The van der Waals surface area contributed by atoms with E-state index >= 15 is 0 Å². The molecule has 2 N–H and O–H groups in total. The lowest BCUT2D eigenvalue weighted by atomic mass is 10.1. The van der Waals surface area contributed by atoms with E-state index in [4.69, 9.17) is 16.7 Å². The number of amides is 1. The number of carboxylic acid groups (broad SMARTS) is 1. The summed E-state index contributed by atoms with van der Waals surface area (Å²) in [6, 6.07) is 4.99. The first-order valence-electron chi connectivity index (χ1n) is 5.69. The number of carbonyl (C=O) groups excluding carboxylic acids is 1. The van der Waals surface area contributed by atoms with Crippen molar-refractivity contribution in [2.75, 3.05) is 0 Å². The number of aryl methyl sites for hydroxylation is 1. The summed E-state index contributed by atoms with van der Waals surface area (Å²) in [6.45, 7) is 3.66. The highest BCUT2D eigenvalue weighted by Crippen LogP contribution is 2.17. The van der Waals surface area contributed by atoms with Crippen LogP contribution in [0.25, 0.3) is 0 Å². The molecule has 1 amide bonds. The summed E-state index contributed by atoms with van der Waals surface area (Å²) in [6.07, 6.45) is 0.424. The minimum absolute atomic E-state index is 0.0308. The highest BCUT2D eigenvalue weighted by molar-refractivity contribution is 6.33. The molecular formula is C13H16ClNO3. The van der Waals surface area contributed by atoms with Gasteiger partial charge >= 0.3 is 5.97 Å². The predicted molar refractivity (Wildman–Crippen MR) is 70.0 cm³/mol. The minimum Gasteiger partial charge on any atom is -0.481 e. The summed E-state index contributed by atoms with van der Waals surface area (Å²) in [5.41, 5.74) is 1.39. The smallest absolute Gasteiger partial charge is 0.303 e. The summed E-state index contributed by atoms with van der Waals surface area (Å²) in [4.78, 5) is 22.3. The summed E-state index contributed by atoms with van der Waals surface area (Å²) >= 11 is 5.98. The summed E-state index contributed by atoms with van der Waals surface area (Å²) < 4.78 is 0. The van der Waals surface area contributed by atoms with Crippen molar-refractivity contribution in [3.05, 3.63) is 34.3 Å². The SMILES string of the molecule is Cc1ccc(C(=O)NC(C)CCC(=O)O)c(Cl)c1. The molecule has 4 nitrogen and oxygen atoms in total. The van der Waals surface area contributed by atoms with Crippen LogP contribution in [0.5, 0.6) is 0 Å². The van der Waals surface area contributed by atoms with E-state index in [0.29, 0.717) is 17.0 Å². The number of aliphatic carboxylic acids is 1. The van der Waals surface area contributed by atoms with E-state index in [2.05, 4.69) is 5.32 Å². The van der Waals surface area contributed by atoms with Gasteiger partial charge in [-0.3, -0.25) is 9.59 Å². The quantitative estimate of drug-likeness (QED) is 0.863. The maximum Gasteiger partial charge on any atom is 0.303 e. The van der Waals surface area contributed by atoms with Gasteiger partial charge in [-0.2, -0.15) is 0 Å². The molecular weight excluding hydrogens is 254 g/mol. The second-order valence-corrected chi connectivity index (χ2v) is 4.70. The fraction of sp³-hybridized carbons (Fsp3) is 0.385. The van der Waals surface area contributed by atoms with Crippen molar-refractivity contribution in [3.63, 3.8) is 0 Å². The third kappa shape index (κ3) is 4.37. The van der Waals surface area contributed by atoms with Crippen LogP contribution in [0.3, 0.4) is 0 Å². The van der Waals surface area contributed by atoms with Crippen LogP contribution in [-0.4, -0.2) is 23.0 Å². The van der Waals surface area contributed by atoms with E-state index in [1.165, 1.54) is 0 Å². The van der Waals surface area contributed by atoms with Crippen LogP contribution in [-0.2, 0) is 4.79 Å². The van der Waals surface area contributed by atoms with E-state index in [-0.39, 0.29) is 18.4 Å². The number of nitrogens with one attached hydrogen (secondary N) is 1. The van der Waals surface area contributed by atoms with Gasteiger partial charge in [0.15, 0.2) is 0 Å². The molecule has 1 aromatic carbocycles. The van der Waals surface area contributed by atoms with Gasteiger partial charge in [0.25, 0.3) is 5.91 Å². The molecule has 98 valence electrons. The average Bonchev–Trinajstić information content (AvgIpc) is 2.26. The lowest BCUT2D eigenvalue weighted by Gasteiger charge is -2.13. The standard InChI is InChI=1S/C13H16ClNO3/c1-8-3-5-10(11(14)7-8)13(18)15-9(2)4-6-12(16)17/h3,5,7,9H,4,6H2,1-2H3,(H,15,18)(H,16,17). The first kappa shape index (κ1) is 14.5. The normalized spacial score (nSPS) is 11.9. The van der Waals surface area contributed by atoms with E-state index < -0.39 is 5.97 Å². The first-order chi connectivity index (χ1) is 8.40. The number of halogens is 1. The Morgan fingerprint density at radius 1 is 1.44 bits per heavy atom. The lowest BCUT2D eigenvalue weighted by Crippen LogP contribution is -2.33. The van der Waals surface area contributed by atoms with Crippen molar-refractivity contribution in [1.29, 1.82) is 0 Å². The van der Waals surface area contributed by atoms with Crippen LogP contribution >= 0.6 is 11.6 Å². The number of hydrogen-bond acceptors (Lipinski definition) is 2. The maximum absolute atomic E-state index is 11.9. The van der Waals surface area contributed by atoms with Gasteiger partial charge in [-0.25, -0.2) is 0 Å². The Balaban J connectivity index is 2.62. The van der Waals surface area contributed by atoms with Crippen LogP contribution in [0.1, 0.15) is 35.7 Å². The third-order valence-corrected chi connectivity index (χ3v) is 2.85. The number of rotatable bonds is 5. The van der Waals surface area contributed by atoms with E-state index in [0.717, 1.165) is 5.56 Å². The van der Waals surface area contributed by atoms with Crippen LogP contribution < -0.4 is 5.32 Å². The molecule has 1 aromatic rings. The van der Waals surface area contributed by atoms with Crippen LogP contribution in [0, 0.1) is 6.92 Å². The third-order valence-electron chi connectivity index (χ3n) is 2.54. The van der Waals surface area contributed by atoms with Crippen molar-refractivity contribution in [2.45, 2.75) is 32.7 Å². The van der Waals surface area contributed by atoms with Gasteiger partial charge in [-0.1, -0.05) is 17.7 Å². The Bertz CT molecular complexity index is 460. The van der Waals surface area contributed by atoms with Crippen LogP contribution in [0.15, 0.2) is 18.2 Å². The Morgan fingerprint density at radius 2 is 2.11 bits per heavy atom. The van der Waals surface area contributed by atoms with Gasteiger partial charge in [0.05, 0.1) is 10.6 Å². The summed E-state index contributed by atoms with van der Waals surface area (Å²) in [5.74, 6) is -1.15. The minimum atomic E-state index is -0.871. The van der Waals surface area contributed by atoms with Gasteiger partial charge in [0.1, 0.15) is 0 Å². The number of hydrogen-bond donors (Lipinski definition) is 2. The largest absolute Gasteiger partial charge is 0.481 e. The van der Waals surface area contributed by atoms with Gasteiger partial charge in [0, 0.05) is 12.5 Å². The van der Waals surface area contributed by atoms with Gasteiger partial charge < -0.3 is 10.4 Å². The highest BCUT2D eigenvalue weighted by atomic mass is 35.5. The number of carbonyl (C=O) groups is 2. The number of benzene rings is 1. The fourth-order valence-electron chi connectivity index (χ4n) is 1.52. The molecule has 0 spiro atoms. The molecule has 1 unspecified atom stereocenters. The van der Waals surface area contributed by atoms with Gasteiger partial charge in [-0.15, -0.1) is 0 Å². The molecule has 0 saturated heterocycles. The van der Waals surface area contributed by atoms with Crippen molar-refractivity contribution >= 4 is 23.5 Å². The molecule has 0 aliphatic rings. The molecule has 0 heterocycles. The summed E-state index contributed by atoms with van der Waals surface area (Å²) in [5, 5.41) is 11.7. The molecule has 5 heteroatoms. The van der Waals surface area contributed by atoms with Gasteiger partial charge in [0.2, 0.25) is 0 Å². The zero-order chi connectivity index (χ0) is 13.7. The Labute approximate surface area is 111 Å². The molecule has 0 saturated carbocycles. The molecule has 1 atom stereocenters. The molecule has 0 aliphatic heterocycles. The van der Waals surface area contributed by atoms with Crippen molar-refractivity contribution in [3.8, 4) is 0 Å². The monoisotopic (exact) mass is 269 g/mol. The molecule has 0 aliphatic carbocycles. The van der Waals surface area contributed by atoms with Crippen molar-refractivity contribution in [1.82, 2.24) is 5.32 Å². The molecule has 0 aromatic heterocycles. The molecule has 0 fully saturated rings.